The fraction of sp³-hybridized carbons (Fsp3) is 0.231. The third kappa shape index (κ3) is 1.60. The third-order valence-electron chi connectivity index (χ3n) is 3.04. The van der Waals surface area contributed by atoms with E-state index in [1.54, 1.807) is 11.3 Å². The lowest BCUT2D eigenvalue weighted by molar-refractivity contribution is 0.592. The molecule has 0 saturated heterocycles. The highest BCUT2D eigenvalue weighted by atomic mass is 32.1. The molecule has 0 saturated carbocycles. The van der Waals surface area contributed by atoms with Crippen LogP contribution in [0.3, 0.4) is 0 Å². The number of hydrogen-bond donors (Lipinski definition) is 1. The van der Waals surface area contributed by atoms with Gasteiger partial charge in [0.2, 0.25) is 0 Å². The van der Waals surface area contributed by atoms with Crippen molar-refractivity contribution in [1.29, 1.82) is 0 Å². The van der Waals surface area contributed by atoms with E-state index in [9.17, 15) is 0 Å². The van der Waals surface area contributed by atoms with Crippen LogP contribution in [0.5, 0.6) is 0 Å². The molecule has 1 aromatic carbocycles. The number of fused-ring (bicyclic) bond motifs is 1. The minimum atomic E-state index is 0.543. The number of rotatable bonds is 1. The van der Waals surface area contributed by atoms with Crippen molar-refractivity contribution in [2.75, 3.05) is 6.54 Å². The summed E-state index contributed by atoms with van der Waals surface area (Å²) in [4.78, 5) is 0. The molecule has 1 aliphatic rings. The van der Waals surface area contributed by atoms with Crippen LogP contribution < -0.4 is 5.32 Å². The Bertz CT molecular complexity index is 447. The summed E-state index contributed by atoms with van der Waals surface area (Å²) in [6.45, 7) is 2.07. The van der Waals surface area contributed by atoms with Crippen molar-refractivity contribution in [3.63, 3.8) is 0 Å². The molecule has 15 heavy (non-hydrogen) atoms. The van der Waals surface area contributed by atoms with Crippen molar-refractivity contribution in [1.82, 2.24) is 5.32 Å². The summed E-state index contributed by atoms with van der Waals surface area (Å²) in [5, 5.41) is 7.90. The highest BCUT2D eigenvalue weighted by molar-refractivity contribution is 7.08. The summed E-state index contributed by atoms with van der Waals surface area (Å²) >= 11 is 1.78. The lowest BCUT2D eigenvalue weighted by Crippen LogP contribution is -2.28. The molecule has 76 valence electrons. The molecule has 0 spiro atoms. The van der Waals surface area contributed by atoms with Gasteiger partial charge in [-0.1, -0.05) is 24.3 Å². The second kappa shape index (κ2) is 3.80. The Morgan fingerprint density at radius 2 is 2.13 bits per heavy atom. The Labute approximate surface area is 93.8 Å². The lowest BCUT2D eigenvalue weighted by atomic mass is 9.87. The first-order chi connectivity index (χ1) is 7.45. The van der Waals surface area contributed by atoms with Crippen LogP contribution in [-0.4, -0.2) is 6.54 Å². The molecular weight excluding hydrogens is 202 g/mol. The van der Waals surface area contributed by atoms with E-state index in [0.717, 1.165) is 13.1 Å². The molecule has 2 heteroatoms. The van der Waals surface area contributed by atoms with Gasteiger partial charge >= 0.3 is 0 Å². The maximum atomic E-state index is 3.48. The number of nitrogens with one attached hydrogen (secondary N) is 1. The molecule has 2 aromatic rings. The van der Waals surface area contributed by atoms with Crippen molar-refractivity contribution in [2.45, 2.75) is 12.5 Å². The van der Waals surface area contributed by atoms with Gasteiger partial charge < -0.3 is 5.32 Å². The van der Waals surface area contributed by atoms with E-state index in [1.807, 2.05) is 0 Å². The second-order valence-corrected chi connectivity index (χ2v) is 4.72. The van der Waals surface area contributed by atoms with Crippen LogP contribution in [0.1, 0.15) is 22.6 Å². The maximum Gasteiger partial charge on any atom is 0.0226 e. The van der Waals surface area contributed by atoms with E-state index in [4.69, 9.17) is 0 Å². The molecule has 3 rings (SSSR count). The van der Waals surface area contributed by atoms with Crippen molar-refractivity contribution < 1.29 is 0 Å². The summed E-state index contributed by atoms with van der Waals surface area (Å²) in [5.74, 6) is 0.543. The van der Waals surface area contributed by atoms with Crippen LogP contribution in [0, 0.1) is 0 Å². The normalized spacial score (nSPS) is 19.9. The monoisotopic (exact) mass is 215 g/mol. The molecule has 1 atom stereocenters. The van der Waals surface area contributed by atoms with E-state index in [-0.39, 0.29) is 0 Å². The van der Waals surface area contributed by atoms with Crippen LogP contribution in [0.2, 0.25) is 0 Å². The zero-order valence-corrected chi connectivity index (χ0v) is 9.26. The van der Waals surface area contributed by atoms with Gasteiger partial charge in [0.1, 0.15) is 0 Å². The fourth-order valence-electron chi connectivity index (χ4n) is 2.27. The zero-order chi connectivity index (χ0) is 10.1. The molecule has 0 amide bonds. The summed E-state index contributed by atoms with van der Waals surface area (Å²) in [7, 11) is 0. The van der Waals surface area contributed by atoms with Gasteiger partial charge in [-0.05, 0) is 33.5 Å². The molecule has 0 unspecified atom stereocenters. The SMILES string of the molecule is c1ccc2c(c1)CNC[C@H]2c1ccsc1. The van der Waals surface area contributed by atoms with Crippen LogP contribution in [-0.2, 0) is 6.54 Å². The van der Waals surface area contributed by atoms with E-state index >= 15 is 0 Å². The molecule has 1 N–H and O–H groups in total. The summed E-state index contributed by atoms with van der Waals surface area (Å²) in [5.41, 5.74) is 4.38. The van der Waals surface area contributed by atoms with E-state index < -0.39 is 0 Å². The van der Waals surface area contributed by atoms with Gasteiger partial charge in [0.25, 0.3) is 0 Å². The Morgan fingerprint density at radius 1 is 1.20 bits per heavy atom. The molecule has 1 aromatic heterocycles. The number of hydrogen-bond acceptors (Lipinski definition) is 2. The zero-order valence-electron chi connectivity index (χ0n) is 8.44. The minimum Gasteiger partial charge on any atom is -0.312 e. The Morgan fingerprint density at radius 3 is 3.00 bits per heavy atom. The second-order valence-electron chi connectivity index (χ2n) is 3.94. The van der Waals surface area contributed by atoms with Crippen molar-refractivity contribution >= 4 is 11.3 Å². The first kappa shape index (κ1) is 9.13. The van der Waals surface area contributed by atoms with Gasteiger partial charge in [0, 0.05) is 19.0 Å². The highest BCUT2D eigenvalue weighted by Gasteiger charge is 2.20. The van der Waals surface area contributed by atoms with Crippen LogP contribution in [0.15, 0.2) is 41.1 Å². The van der Waals surface area contributed by atoms with E-state index in [2.05, 4.69) is 46.4 Å². The van der Waals surface area contributed by atoms with Crippen molar-refractivity contribution in [3.05, 3.63) is 57.8 Å². The van der Waals surface area contributed by atoms with Gasteiger partial charge in [0.15, 0.2) is 0 Å². The highest BCUT2D eigenvalue weighted by Crippen LogP contribution is 2.30. The number of thiophene rings is 1. The average molecular weight is 215 g/mol. The molecule has 1 aliphatic heterocycles. The molecule has 0 fully saturated rings. The van der Waals surface area contributed by atoms with Gasteiger partial charge in [-0.25, -0.2) is 0 Å². The lowest BCUT2D eigenvalue weighted by Gasteiger charge is -2.25. The van der Waals surface area contributed by atoms with Crippen LogP contribution in [0.25, 0.3) is 0 Å². The van der Waals surface area contributed by atoms with E-state index in [0.29, 0.717) is 5.92 Å². The largest absolute Gasteiger partial charge is 0.312 e. The first-order valence-electron chi connectivity index (χ1n) is 5.26. The third-order valence-corrected chi connectivity index (χ3v) is 3.74. The summed E-state index contributed by atoms with van der Waals surface area (Å²) < 4.78 is 0. The Balaban J connectivity index is 2.06. The summed E-state index contributed by atoms with van der Waals surface area (Å²) in [6, 6.07) is 11.0. The standard InChI is InChI=1S/C13H13NS/c1-2-4-12-10(3-1)7-14-8-13(12)11-5-6-15-9-11/h1-6,9,13-14H,7-8H2/t13-/m0/s1. The minimum absolute atomic E-state index is 0.543. The fourth-order valence-corrected chi connectivity index (χ4v) is 2.98. The Kier molecular flexibility index (Phi) is 2.31. The predicted molar refractivity (Wildman–Crippen MR) is 64.3 cm³/mol. The van der Waals surface area contributed by atoms with Crippen molar-refractivity contribution in [3.8, 4) is 0 Å². The number of benzene rings is 1. The smallest absolute Gasteiger partial charge is 0.0226 e. The average Bonchev–Trinajstić information content (AvgIpc) is 2.82. The molecule has 2 heterocycles. The summed E-state index contributed by atoms with van der Waals surface area (Å²) in [6.07, 6.45) is 0. The molecule has 0 radical (unpaired) electrons. The van der Waals surface area contributed by atoms with Gasteiger partial charge in [-0.3, -0.25) is 0 Å². The Hall–Kier alpha value is -1.12. The topological polar surface area (TPSA) is 12.0 Å². The van der Waals surface area contributed by atoms with Gasteiger partial charge in [-0.2, -0.15) is 11.3 Å². The maximum absolute atomic E-state index is 3.48. The van der Waals surface area contributed by atoms with E-state index in [1.165, 1.54) is 16.7 Å². The first-order valence-corrected chi connectivity index (χ1v) is 6.20. The van der Waals surface area contributed by atoms with Crippen LogP contribution in [0.4, 0.5) is 0 Å². The molecular formula is C13H13NS. The van der Waals surface area contributed by atoms with Gasteiger partial charge in [-0.15, -0.1) is 0 Å². The van der Waals surface area contributed by atoms with Crippen LogP contribution >= 0.6 is 11.3 Å². The quantitative estimate of drug-likeness (QED) is 0.771. The molecule has 1 nitrogen and oxygen atoms in total. The molecule has 0 aliphatic carbocycles. The van der Waals surface area contributed by atoms with Crippen molar-refractivity contribution in [2.24, 2.45) is 0 Å². The van der Waals surface area contributed by atoms with Gasteiger partial charge in [0.05, 0.1) is 0 Å². The predicted octanol–water partition coefficient (Wildman–Crippen LogP) is 2.98. The molecule has 0 bridgehead atoms.